The molecule has 1 aliphatic rings. The van der Waals surface area contributed by atoms with E-state index in [4.69, 9.17) is 10.5 Å². The molecule has 0 saturated carbocycles. The molecule has 1 aliphatic heterocycles. The van der Waals surface area contributed by atoms with E-state index < -0.39 is 41.6 Å². The Morgan fingerprint density at radius 1 is 1.02 bits per heavy atom. The standard InChI is InChI=1S/C35H31F2N7O4.ClH/c1-19(2)16-26(38)35(47)48-18-20-12-13-22(25(37)17-20)30-27(32-39-14-7-15-44(32)43-30)33(45)42-31-34(46)41-29-23(10-6-11-24(29)36)28(40-31)21-8-4-3-5-9-21;/h3-15,17,19,26,31H,16,18,38H2,1-2H3,(H,41,46)(H,42,45);1H/t26-,31-;/m1./s1. The number of rotatable bonds is 9. The highest BCUT2D eigenvalue weighted by Gasteiger charge is 2.32. The number of aliphatic imine (C=N–C) groups is 1. The molecule has 6 rings (SSSR count). The van der Waals surface area contributed by atoms with Crippen LogP contribution in [0.25, 0.3) is 16.9 Å². The fourth-order valence-corrected chi connectivity index (χ4v) is 5.41. The molecule has 2 amide bonds. The molecular formula is C35H32ClF2N7O4. The predicted molar refractivity (Wildman–Crippen MR) is 181 cm³/mol. The summed E-state index contributed by atoms with van der Waals surface area (Å²) < 4.78 is 37.2. The average molecular weight is 688 g/mol. The van der Waals surface area contributed by atoms with Crippen molar-refractivity contribution in [1.82, 2.24) is 19.9 Å². The normalized spacial score (nSPS) is 14.6. The molecule has 0 unspecified atom stereocenters. The maximum Gasteiger partial charge on any atom is 0.323 e. The molecule has 11 nitrogen and oxygen atoms in total. The number of carbonyl (C=O) groups is 3. The molecule has 0 aliphatic carbocycles. The number of aromatic nitrogens is 3. The number of hydrogen-bond donors (Lipinski definition) is 3. The first-order chi connectivity index (χ1) is 23.1. The fourth-order valence-electron chi connectivity index (χ4n) is 5.41. The number of para-hydroxylation sites is 1. The summed E-state index contributed by atoms with van der Waals surface area (Å²) in [4.78, 5) is 48.5. The van der Waals surface area contributed by atoms with Crippen molar-refractivity contribution in [2.24, 2.45) is 16.6 Å². The highest BCUT2D eigenvalue weighted by Crippen LogP contribution is 2.30. The number of anilines is 1. The molecule has 14 heteroatoms. The Labute approximate surface area is 286 Å². The Morgan fingerprint density at radius 3 is 2.53 bits per heavy atom. The molecule has 3 aromatic carbocycles. The Kier molecular flexibility index (Phi) is 10.4. The maximum absolute atomic E-state index is 15.7. The van der Waals surface area contributed by atoms with E-state index in [1.54, 1.807) is 48.5 Å². The second-order valence-electron chi connectivity index (χ2n) is 11.6. The van der Waals surface area contributed by atoms with Gasteiger partial charge in [-0.15, -0.1) is 12.4 Å². The second-order valence-corrected chi connectivity index (χ2v) is 11.6. The molecule has 3 heterocycles. The van der Waals surface area contributed by atoms with E-state index >= 15 is 4.39 Å². The number of ether oxygens (including phenoxy) is 1. The number of amides is 2. The number of benzodiazepines with no additional fused rings is 1. The van der Waals surface area contributed by atoms with E-state index in [0.717, 1.165) is 0 Å². The molecule has 0 spiro atoms. The number of nitrogens with one attached hydrogen (secondary N) is 2. The van der Waals surface area contributed by atoms with Gasteiger partial charge in [0.1, 0.15) is 35.5 Å². The first-order valence-corrected chi connectivity index (χ1v) is 15.2. The number of hydrogen-bond acceptors (Lipinski definition) is 8. The van der Waals surface area contributed by atoms with E-state index in [9.17, 15) is 18.8 Å². The molecule has 0 bridgehead atoms. The first kappa shape index (κ1) is 34.8. The van der Waals surface area contributed by atoms with Crippen molar-refractivity contribution in [2.45, 2.75) is 39.1 Å². The summed E-state index contributed by atoms with van der Waals surface area (Å²) in [6.45, 7) is 3.67. The zero-order valence-electron chi connectivity index (χ0n) is 26.4. The second kappa shape index (κ2) is 14.7. The number of esters is 1. The Morgan fingerprint density at radius 2 is 1.80 bits per heavy atom. The van der Waals surface area contributed by atoms with Gasteiger partial charge in [-0.1, -0.05) is 62.4 Å². The van der Waals surface area contributed by atoms with Gasteiger partial charge in [-0.3, -0.25) is 14.4 Å². The number of carbonyl (C=O) groups excluding carboxylic acids is 3. The lowest BCUT2D eigenvalue weighted by Crippen LogP contribution is -2.42. The zero-order valence-corrected chi connectivity index (χ0v) is 27.2. The highest BCUT2D eigenvalue weighted by molar-refractivity contribution is 6.20. The highest BCUT2D eigenvalue weighted by atomic mass is 35.5. The van der Waals surface area contributed by atoms with Crippen molar-refractivity contribution in [2.75, 3.05) is 5.32 Å². The summed E-state index contributed by atoms with van der Waals surface area (Å²) in [5, 5.41) is 9.57. The van der Waals surface area contributed by atoms with Crippen LogP contribution in [0.1, 0.15) is 47.3 Å². The fraction of sp³-hybridized carbons (Fsp3) is 0.200. The summed E-state index contributed by atoms with van der Waals surface area (Å²) in [6, 6.07) is 18.1. The first-order valence-electron chi connectivity index (χ1n) is 15.2. The van der Waals surface area contributed by atoms with Crippen molar-refractivity contribution in [1.29, 1.82) is 0 Å². The minimum atomic E-state index is -1.50. The molecule has 0 saturated heterocycles. The smallest absolute Gasteiger partial charge is 0.323 e. The van der Waals surface area contributed by atoms with Gasteiger partial charge < -0.3 is 21.1 Å². The quantitative estimate of drug-likeness (QED) is 0.183. The van der Waals surface area contributed by atoms with E-state index in [1.165, 1.54) is 41.2 Å². The van der Waals surface area contributed by atoms with Gasteiger partial charge in [0, 0.05) is 29.1 Å². The lowest BCUT2D eigenvalue weighted by atomic mass is 10.0. The van der Waals surface area contributed by atoms with Crippen LogP contribution >= 0.6 is 12.4 Å². The molecular weight excluding hydrogens is 656 g/mol. The zero-order chi connectivity index (χ0) is 33.9. The third kappa shape index (κ3) is 7.32. The minimum Gasteiger partial charge on any atom is -0.460 e. The number of nitrogens with zero attached hydrogens (tertiary/aromatic N) is 4. The van der Waals surface area contributed by atoms with Gasteiger partial charge in [-0.2, -0.15) is 5.10 Å². The van der Waals surface area contributed by atoms with Crippen LogP contribution in [-0.4, -0.2) is 50.3 Å². The molecule has 0 fully saturated rings. The SMILES string of the molecule is CC(C)C[C@@H](N)C(=O)OCc1ccc(-c2nn3cccnc3c2C(=O)N[C@H]2N=C(c3ccccc3)c3cccc(F)c3NC2=O)c(F)c1.Cl. The summed E-state index contributed by atoms with van der Waals surface area (Å²) >= 11 is 0. The summed E-state index contributed by atoms with van der Waals surface area (Å²) in [5.74, 6) is -3.41. The molecule has 2 aromatic heterocycles. The lowest BCUT2D eigenvalue weighted by molar-refractivity contribution is -0.147. The number of halogens is 3. The Balaban J connectivity index is 0.00000468. The molecule has 0 radical (unpaired) electrons. The Bertz CT molecular complexity index is 2070. The molecule has 4 N–H and O–H groups in total. The van der Waals surface area contributed by atoms with Gasteiger partial charge in [0.05, 0.1) is 11.4 Å². The molecule has 49 heavy (non-hydrogen) atoms. The average Bonchev–Trinajstić information content (AvgIpc) is 3.39. The van der Waals surface area contributed by atoms with Gasteiger partial charge in [0.25, 0.3) is 11.8 Å². The van der Waals surface area contributed by atoms with Crippen molar-refractivity contribution in [3.8, 4) is 11.3 Å². The van der Waals surface area contributed by atoms with Crippen LogP contribution in [-0.2, 0) is 20.9 Å². The van der Waals surface area contributed by atoms with Gasteiger partial charge in [0.15, 0.2) is 5.65 Å². The van der Waals surface area contributed by atoms with Crippen LogP contribution in [0.3, 0.4) is 0 Å². The van der Waals surface area contributed by atoms with E-state index in [1.807, 2.05) is 13.8 Å². The molecule has 252 valence electrons. The lowest BCUT2D eigenvalue weighted by Gasteiger charge is -2.14. The van der Waals surface area contributed by atoms with Crippen molar-refractivity contribution in [3.05, 3.63) is 119 Å². The summed E-state index contributed by atoms with van der Waals surface area (Å²) in [7, 11) is 0. The molecule has 5 aromatic rings. The van der Waals surface area contributed by atoms with E-state index in [-0.39, 0.29) is 58.8 Å². The number of nitrogens with two attached hydrogens (primary N) is 1. The third-order valence-corrected chi connectivity index (χ3v) is 7.66. The van der Waals surface area contributed by atoms with Gasteiger partial charge in [0.2, 0.25) is 6.17 Å². The van der Waals surface area contributed by atoms with Crippen LogP contribution in [0.15, 0.2) is 90.2 Å². The monoisotopic (exact) mass is 687 g/mol. The third-order valence-electron chi connectivity index (χ3n) is 7.66. The summed E-state index contributed by atoms with van der Waals surface area (Å²) in [5.41, 5.74) is 7.26. The van der Waals surface area contributed by atoms with Crippen molar-refractivity contribution in [3.63, 3.8) is 0 Å². The van der Waals surface area contributed by atoms with Crippen LogP contribution in [0.5, 0.6) is 0 Å². The van der Waals surface area contributed by atoms with Gasteiger partial charge >= 0.3 is 5.97 Å². The van der Waals surface area contributed by atoms with Gasteiger partial charge in [-0.25, -0.2) is 23.3 Å². The van der Waals surface area contributed by atoms with Crippen molar-refractivity contribution >= 4 is 47.2 Å². The topological polar surface area (TPSA) is 153 Å². The maximum atomic E-state index is 15.7. The van der Waals surface area contributed by atoms with Crippen molar-refractivity contribution < 1.29 is 27.9 Å². The number of benzene rings is 3. The van der Waals surface area contributed by atoms with Crippen LogP contribution in [0, 0.1) is 17.6 Å². The molecule has 2 atom stereocenters. The number of fused-ring (bicyclic) bond motifs is 2. The van der Waals surface area contributed by atoms with E-state index in [0.29, 0.717) is 23.1 Å². The van der Waals surface area contributed by atoms with Gasteiger partial charge in [-0.05, 0) is 42.2 Å². The van der Waals surface area contributed by atoms with Crippen LogP contribution in [0.4, 0.5) is 14.5 Å². The summed E-state index contributed by atoms with van der Waals surface area (Å²) in [6.07, 6.45) is 1.93. The largest absolute Gasteiger partial charge is 0.460 e. The minimum absolute atomic E-state index is 0. The predicted octanol–water partition coefficient (Wildman–Crippen LogP) is 5.06. The van der Waals surface area contributed by atoms with Crippen LogP contribution < -0.4 is 16.4 Å². The van der Waals surface area contributed by atoms with E-state index in [2.05, 4.69) is 25.7 Å². The van der Waals surface area contributed by atoms with Crippen LogP contribution in [0.2, 0.25) is 0 Å². The Hall–Kier alpha value is -5.53.